The van der Waals surface area contributed by atoms with E-state index in [0.29, 0.717) is 12.1 Å². The number of nitrogens with one attached hydrogen (secondary N) is 2. The second-order valence-electron chi connectivity index (χ2n) is 6.70. The minimum absolute atomic E-state index is 0.242. The summed E-state index contributed by atoms with van der Waals surface area (Å²) >= 11 is 0. The molecule has 0 aromatic heterocycles. The fraction of sp³-hybridized carbons (Fsp3) is 0.300. The van der Waals surface area contributed by atoms with E-state index in [-0.39, 0.29) is 12.1 Å². The second-order valence-corrected chi connectivity index (χ2v) is 6.70. The zero-order valence-corrected chi connectivity index (χ0v) is 17.0. The molecular weight excluding hydrogens is 487 g/mol. The standard InChI is InChI=1S/C20H15F9N2O3/c1-2-34-16(33)17(20(27,28)29,30-14-8-4-7-13(10-14)19(24,25)26)31-15(32)11-5-3-6-12(9-11)18(21,22)23/h3-10,30H,2H2,1H3,(H,31,32)/t17-/m0/s1. The number of halogens is 9. The second kappa shape index (κ2) is 9.43. The first kappa shape index (κ1) is 26.8. The van der Waals surface area contributed by atoms with E-state index in [9.17, 15) is 49.1 Å². The maximum Gasteiger partial charge on any atom is 0.441 e. The van der Waals surface area contributed by atoms with Crippen LogP contribution in [0.1, 0.15) is 28.4 Å². The van der Waals surface area contributed by atoms with Crippen LogP contribution in [0, 0.1) is 0 Å². The number of esters is 1. The summed E-state index contributed by atoms with van der Waals surface area (Å²) in [7, 11) is 0. The van der Waals surface area contributed by atoms with Gasteiger partial charge < -0.3 is 15.4 Å². The van der Waals surface area contributed by atoms with Gasteiger partial charge in [0.25, 0.3) is 5.91 Å². The summed E-state index contributed by atoms with van der Waals surface area (Å²) in [5.41, 5.74) is -8.66. The first-order chi connectivity index (χ1) is 15.5. The zero-order valence-electron chi connectivity index (χ0n) is 17.0. The molecule has 0 heterocycles. The first-order valence-corrected chi connectivity index (χ1v) is 9.20. The van der Waals surface area contributed by atoms with E-state index in [0.717, 1.165) is 31.2 Å². The van der Waals surface area contributed by atoms with Crippen LogP contribution in [0.3, 0.4) is 0 Å². The van der Waals surface area contributed by atoms with Gasteiger partial charge in [-0.25, -0.2) is 4.79 Å². The smallest absolute Gasteiger partial charge is 0.441 e. The molecule has 0 spiro atoms. The molecule has 0 aliphatic carbocycles. The average molecular weight is 502 g/mol. The first-order valence-electron chi connectivity index (χ1n) is 9.20. The van der Waals surface area contributed by atoms with Gasteiger partial charge in [-0.05, 0) is 43.3 Å². The van der Waals surface area contributed by atoms with Crippen molar-refractivity contribution >= 4 is 17.6 Å². The third-order valence-corrected chi connectivity index (χ3v) is 4.28. The van der Waals surface area contributed by atoms with Gasteiger partial charge in [-0.15, -0.1) is 0 Å². The molecule has 0 aliphatic rings. The lowest BCUT2D eigenvalue weighted by atomic mass is 10.1. The Labute approximate surface area is 185 Å². The summed E-state index contributed by atoms with van der Waals surface area (Å²) in [6.07, 6.45) is -15.6. The number of rotatable bonds is 6. The third kappa shape index (κ3) is 5.91. The monoisotopic (exact) mass is 502 g/mol. The van der Waals surface area contributed by atoms with Crippen LogP contribution in [-0.4, -0.2) is 30.3 Å². The number of hydrogen-bond acceptors (Lipinski definition) is 4. The zero-order chi connectivity index (χ0) is 25.9. The van der Waals surface area contributed by atoms with Crippen molar-refractivity contribution in [3.05, 3.63) is 65.2 Å². The van der Waals surface area contributed by atoms with Crippen LogP contribution in [0.5, 0.6) is 0 Å². The molecule has 186 valence electrons. The largest absolute Gasteiger partial charge is 0.463 e. The van der Waals surface area contributed by atoms with Gasteiger partial charge in [0.2, 0.25) is 0 Å². The maximum atomic E-state index is 14.1. The molecule has 5 nitrogen and oxygen atoms in total. The van der Waals surface area contributed by atoms with Crippen molar-refractivity contribution < 1.29 is 53.8 Å². The highest BCUT2D eigenvalue weighted by Gasteiger charge is 2.63. The number of carbonyl (C=O) groups excluding carboxylic acids is 2. The molecule has 0 saturated carbocycles. The number of anilines is 1. The average Bonchev–Trinajstić information content (AvgIpc) is 2.71. The summed E-state index contributed by atoms with van der Waals surface area (Å²) < 4.78 is 124. The van der Waals surface area contributed by atoms with E-state index in [1.807, 2.05) is 0 Å². The number of alkyl halides is 9. The topological polar surface area (TPSA) is 67.4 Å². The van der Waals surface area contributed by atoms with Crippen LogP contribution in [-0.2, 0) is 21.9 Å². The molecule has 2 aromatic carbocycles. The van der Waals surface area contributed by atoms with Gasteiger partial charge >= 0.3 is 30.2 Å². The SMILES string of the molecule is CCOC(=O)[C@@](NC(=O)c1cccc(C(F)(F)F)c1)(Nc1cccc(C(F)(F)F)c1)C(F)(F)F. The number of benzene rings is 2. The molecule has 0 saturated heterocycles. The molecule has 2 rings (SSSR count). The number of hydrogen-bond donors (Lipinski definition) is 2. The molecule has 0 bridgehead atoms. The van der Waals surface area contributed by atoms with Crippen molar-refractivity contribution in [2.75, 3.05) is 11.9 Å². The maximum absolute atomic E-state index is 14.1. The summed E-state index contributed by atoms with van der Waals surface area (Å²) in [5, 5.41) is 2.78. The Bertz CT molecular complexity index is 1050. The fourth-order valence-corrected chi connectivity index (χ4v) is 2.70. The highest BCUT2D eigenvalue weighted by atomic mass is 19.4. The predicted octanol–water partition coefficient (Wildman–Crippen LogP) is 5.39. The van der Waals surface area contributed by atoms with E-state index in [4.69, 9.17) is 0 Å². The molecule has 0 fully saturated rings. The normalized spacial score (nSPS) is 14.2. The Kier molecular flexibility index (Phi) is 7.43. The molecule has 1 atom stereocenters. The minimum Gasteiger partial charge on any atom is -0.463 e. The van der Waals surface area contributed by atoms with Crippen LogP contribution >= 0.6 is 0 Å². The summed E-state index contributed by atoms with van der Waals surface area (Å²) in [4.78, 5) is 24.9. The van der Waals surface area contributed by atoms with Crippen LogP contribution in [0.25, 0.3) is 0 Å². The lowest BCUT2D eigenvalue weighted by Gasteiger charge is -2.35. The van der Waals surface area contributed by atoms with Crippen molar-refractivity contribution in [3.8, 4) is 0 Å². The number of amides is 1. The van der Waals surface area contributed by atoms with E-state index in [1.54, 1.807) is 0 Å². The van der Waals surface area contributed by atoms with Gasteiger partial charge in [0.05, 0.1) is 17.7 Å². The van der Waals surface area contributed by atoms with Crippen LogP contribution in [0.2, 0.25) is 0 Å². The van der Waals surface area contributed by atoms with Crippen molar-refractivity contribution in [1.82, 2.24) is 5.32 Å². The molecule has 34 heavy (non-hydrogen) atoms. The lowest BCUT2D eigenvalue weighted by Crippen LogP contribution is -2.69. The third-order valence-electron chi connectivity index (χ3n) is 4.28. The Hall–Kier alpha value is -3.45. The van der Waals surface area contributed by atoms with Crippen molar-refractivity contribution in [2.45, 2.75) is 31.1 Å². The van der Waals surface area contributed by atoms with Crippen LogP contribution in [0.15, 0.2) is 48.5 Å². The van der Waals surface area contributed by atoms with Crippen molar-refractivity contribution in [3.63, 3.8) is 0 Å². The Morgan fingerprint density at radius 1 is 0.824 bits per heavy atom. The predicted molar refractivity (Wildman–Crippen MR) is 99.4 cm³/mol. The summed E-state index contributed by atoms with van der Waals surface area (Å²) in [6, 6.07) is 4.59. The van der Waals surface area contributed by atoms with Crippen LogP contribution < -0.4 is 10.6 Å². The minimum atomic E-state index is -5.72. The molecule has 2 aromatic rings. The Morgan fingerprint density at radius 2 is 1.35 bits per heavy atom. The Morgan fingerprint density at radius 3 is 1.85 bits per heavy atom. The van der Waals surface area contributed by atoms with Crippen LogP contribution in [0.4, 0.5) is 45.2 Å². The highest BCUT2D eigenvalue weighted by molar-refractivity contribution is 5.99. The van der Waals surface area contributed by atoms with Gasteiger partial charge in [0.15, 0.2) is 0 Å². The molecule has 2 N–H and O–H groups in total. The van der Waals surface area contributed by atoms with E-state index < -0.39 is 65.1 Å². The fourth-order valence-electron chi connectivity index (χ4n) is 2.70. The van der Waals surface area contributed by atoms with Gasteiger partial charge in [-0.2, -0.15) is 39.5 Å². The van der Waals surface area contributed by atoms with E-state index in [2.05, 4.69) is 4.74 Å². The molecular formula is C20H15F9N2O3. The van der Waals surface area contributed by atoms with Gasteiger partial charge in [0.1, 0.15) is 0 Å². The lowest BCUT2D eigenvalue weighted by molar-refractivity contribution is -0.204. The van der Waals surface area contributed by atoms with Crippen molar-refractivity contribution in [2.24, 2.45) is 0 Å². The van der Waals surface area contributed by atoms with Crippen molar-refractivity contribution in [1.29, 1.82) is 0 Å². The van der Waals surface area contributed by atoms with E-state index >= 15 is 0 Å². The summed E-state index contributed by atoms with van der Waals surface area (Å²) in [6.45, 7) is 0.498. The number of ether oxygens (including phenoxy) is 1. The van der Waals surface area contributed by atoms with E-state index in [1.165, 1.54) is 10.6 Å². The van der Waals surface area contributed by atoms with Gasteiger partial charge in [-0.3, -0.25) is 4.79 Å². The quantitative estimate of drug-likeness (QED) is 0.316. The number of carbonyl (C=O) groups is 2. The van der Waals surface area contributed by atoms with Gasteiger partial charge in [0, 0.05) is 11.3 Å². The highest BCUT2D eigenvalue weighted by Crippen LogP contribution is 2.36. The molecule has 1 amide bonds. The molecule has 14 heteroatoms. The molecule has 0 unspecified atom stereocenters. The van der Waals surface area contributed by atoms with Gasteiger partial charge in [-0.1, -0.05) is 12.1 Å². The molecule has 0 radical (unpaired) electrons. The Balaban J connectivity index is 2.58. The molecule has 0 aliphatic heterocycles. The summed E-state index contributed by atoms with van der Waals surface area (Å²) in [5.74, 6) is -3.93.